The number of carboxylic acids is 1. The number of carboxylic acid groups (broad SMARTS) is 1. The van der Waals surface area contributed by atoms with Crippen molar-refractivity contribution in [2.45, 2.75) is 53.1 Å². The number of aliphatic carboxylic acids is 1. The summed E-state index contributed by atoms with van der Waals surface area (Å²) in [6, 6.07) is 9.40. The maximum Gasteiger partial charge on any atom is 0.407 e. The van der Waals surface area contributed by atoms with Crippen LogP contribution in [0.2, 0.25) is 0 Å². The van der Waals surface area contributed by atoms with Crippen LogP contribution in [0, 0.1) is 16.7 Å². The number of alkyl carbamates (subject to hydrolysis) is 1. The van der Waals surface area contributed by atoms with E-state index in [0.29, 0.717) is 18.8 Å². The van der Waals surface area contributed by atoms with E-state index in [1.165, 1.54) is 0 Å². The van der Waals surface area contributed by atoms with Crippen molar-refractivity contribution in [2.75, 3.05) is 6.54 Å². The van der Waals surface area contributed by atoms with Crippen LogP contribution in [0.5, 0.6) is 0 Å². The first-order valence-corrected chi connectivity index (χ1v) is 8.91. The van der Waals surface area contributed by atoms with Crippen LogP contribution < -0.4 is 5.32 Å². The van der Waals surface area contributed by atoms with Gasteiger partial charge in [-0.2, -0.15) is 0 Å². The van der Waals surface area contributed by atoms with Crippen molar-refractivity contribution in [3.05, 3.63) is 35.9 Å². The topological polar surface area (TPSA) is 75.6 Å². The number of carbonyl (C=O) groups excluding carboxylic acids is 1. The fourth-order valence-electron chi connectivity index (χ4n) is 3.52. The maximum absolute atomic E-state index is 11.9. The second-order valence-electron chi connectivity index (χ2n) is 8.14. The molecule has 2 N–H and O–H groups in total. The second-order valence-corrected chi connectivity index (χ2v) is 8.14. The molecule has 0 spiro atoms. The summed E-state index contributed by atoms with van der Waals surface area (Å²) in [5.41, 5.74) is 0.205. The van der Waals surface area contributed by atoms with Crippen molar-refractivity contribution in [3.63, 3.8) is 0 Å². The number of rotatable bonds is 5. The number of nitrogens with one attached hydrogen (secondary N) is 1. The van der Waals surface area contributed by atoms with E-state index in [9.17, 15) is 14.7 Å². The highest BCUT2D eigenvalue weighted by molar-refractivity contribution is 5.76. The normalized spacial score (nSPS) is 23.7. The van der Waals surface area contributed by atoms with E-state index in [2.05, 4.69) is 26.1 Å². The Bertz CT molecular complexity index is 583. The fourth-order valence-corrected chi connectivity index (χ4v) is 3.52. The summed E-state index contributed by atoms with van der Waals surface area (Å²) < 4.78 is 5.18. The molecule has 1 aliphatic rings. The van der Waals surface area contributed by atoms with Crippen LogP contribution in [-0.2, 0) is 16.1 Å². The van der Waals surface area contributed by atoms with Gasteiger partial charge in [-0.05, 0) is 42.6 Å². The second kappa shape index (κ2) is 7.89. The maximum atomic E-state index is 11.9. The minimum absolute atomic E-state index is 0.118. The summed E-state index contributed by atoms with van der Waals surface area (Å²) in [5.74, 6) is -0.312. The Morgan fingerprint density at radius 3 is 2.32 bits per heavy atom. The monoisotopic (exact) mass is 347 g/mol. The summed E-state index contributed by atoms with van der Waals surface area (Å²) in [6.07, 6.45) is 2.35. The van der Waals surface area contributed by atoms with E-state index >= 15 is 0 Å². The SMILES string of the molecule is CC(C)(C)C1CCC(CNC(=O)OCc2ccccc2)(C(=O)O)CC1. The van der Waals surface area contributed by atoms with Gasteiger partial charge >= 0.3 is 12.1 Å². The van der Waals surface area contributed by atoms with E-state index < -0.39 is 17.5 Å². The Hall–Kier alpha value is -2.04. The zero-order chi connectivity index (χ0) is 18.5. The third kappa shape index (κ3) is 5.21. The van der Waals surface area contributed by atoms with Gasteiger partial charge in [0.15, 0.2) is 0 Å². The molecule has 1 fully saturated rings. The molecule has 0 unspecified atom stereocenters. The zero-order valence-corrected chi connectivity index (χ0v) is 15.4. The molecule has 0 heterocycles. The molecule has 0 saturated heterocycles. The van der Waals surface area contributed by atoms with Crippen molar-refractivity contribution in [1.82, 2.24) is 5.32 Å². The van der Waals surface area contributed by atoms with E-state index in [0.717, 1.165) is 18.4 Å². The Morgan fingerprint density at radius 2 is 1.80 bits per heavy atom. The standard InChI is InChI=1S/C20H29NO4/c1-19(2,3)16-9-11-20(12-10-16,17(22)23)14-21-18(24)25-13-15-7-5-4-6-8-15/h4-8,16H,9-14H2,1-3H3,(H,21,24)(H,22,23). The molecule has 0 bridgehead atoms. The third-order valence-corrected chi connectivity index (χ3v) is 5.40. The first-order valence-electron chi connectivity index (χ1n) is 8.91. The average molecular weight is 347 g/mol. The molecule has 1 amide bonds. The summed E-state index contributed by atoms with van der Waals surface area (Å²) in [7, 11) is 0. The highest BCUT2D eigenvalue weighted by Crippen LogP contribution is 2.45. The Morgan fingerprint density at radius 1 is 1.20 bits per heavy atom. The van der Waals surface area contributed by atoms with E-state index in [1.54, 1.807) is 0 Å². The van der Waals surface area contributed by atoms with Crippen LogP contribution in [0.4, 0.5) is 4.79 Å². The smallest absolute Gasteiger partial charge is 0.407 e. The van der Waals surface area contributed by atoms with Crippen LogP contribution in [0.25, 0.3) is 0 Å². The fraction of sp³-hybridized carbons (Fsp3) is 0.600. The van der Waals surface area contributed by atoms with Gasteiger partial charge in [-0.1, -0.05) is 51.1 Å². The molecule has 0 aromatic heterocycles. The first kappa shape index (κ1) is 19.3. The van der Waals surface area contributed by atoms with E-state index in [4.69, 9.17) is 4.74 Å². The average Bonchev–Trinajstić information content (AvgIpc) is 2.58. The quantitative estimate of drug-likeness (QED) is 0.836. The number of ether oxygens (including phenoxy) is 1. The predicted molar refractivity (Wildman–Crippen MR) is 96.1 cm³/mol. The van der Waals surface area contributed by atoms with E-state index in [-0.39, 0.29) is 18.6 Å². The first-order chi connectivity index (χ1) is 11.7. The Balaban J connectivity index is 1.86. The van der Waals surface area contributed by atoms with Gasteiger partial charge in [0.2, 0.25) is 0 Å². The molecule has 1 aromatic rings. The lowest BCUT2D eigenvalue weighted by Gasteiger charge is -2.41. The molecule has 5 nitrogen and oxygen atoms in total. The van der Waals surface area contributed by atoms with Crippen molar-refractivity contribution in [1.29, 1.82) is 0 Å². The van der Waals surface area contributed by atoms with Crippen LogP contribution in [0.3, 0.4) is 0 Å². The minimum atomic E-state index is -0.881. The van der Waals surface area contributed by atoms with Gasteiger partial charge in [0.25, 0.3) is 0 Å². The van der Waals surface area contributed by atoms with Gasteiger partial charge in [0.05, 0.1) is 5.41 Å². The molecular formula is C20H29NO4. The molecule has 0 aliphatic heterocycles. The number of benzene rings is 1. The van der Waals surface area contributed by atoms with Crippen LogP contribution in [0.1, 0.15) is 52.0 Å². The predicted octanol–water partition coefficient (Wildman–Crippen LogP) is 4.22. The molecule has 2 rings (SSSR count). The van der Waals surface area contributed by atoms with Crippen LogP contribution in [0.15, 0.2) is 30.3 Å². The summed E-state index contributed by atoms with van der Waals surface area (Å²) >= 11 is 0. The van der Waals surface area contributed by atoms with Gasteiger partial charge < -0.3 is 15.2 Å². The highest BCUT2D eigenvalue weighted by atomic mass is 16.5. The molecule has 1 saturated carbocycles. The highest BCUT2D eigenvalue weighted by Gasteiger charge is 2.44. The van der Waals surface area contributed by atoms with Gasteiger partial charge in [-0.15, -0.1) is 0 Å². The van der Waals surface area contributed by atoms with Gasteiger partial charge in [-0.3, -0.25) is 4.79 Å². The molecule has 25 heavy (non-hydrogen) atoms. The summed E-state index contributed by atoms with van der Waals surface area (Å²) in [6.45, 7) is 6.89. The summed E-state index contributed by atoms with van der Waals surface area (Å²) in [4.78, 5) is 23.8. The number of hydrogen-bond donors (Lipinski definition) is 2. The molecule has 138 valence electrons. The van der Waals surface area contributed by atoms with Crippen molar-refractivity contribution < 1.29 is 19.4 Å². The van der Waals surface area contributed by atoms with E-state index in [1.807, 2.05) is 30.3 Å². The van der Waals surface area contributed by atoms with Crippen molar-refractivity contribution >= 4 is 12.1 Å². The van der Waals surface area contributed by atoms with Crippen LogP contribution in [-0.4, -0.2) is 23.7 Å². The molecule has 1 aromatic carbocycles. The minimum Gasteiger partial charge on any atom is -0.481 e. The lowest BCUT2D eigenvalue weighted by Crippen LogP contribution is -2.46. The lowest BCUT2D eigenvalue weighted by atomic mass is 9.64. The van der Waals surface area contributed by atoms with Crippen molar-refractivity contribution in [2.24, 2.45) is 16.7 Å². The Kier molecular flexibility index (Phi) is 6.09. The molecule has 5 heteroatoms. The lowest BCUT2D eigenvalue weighted by molar-refractivity contribution is -0.151. The van der Waals surface area contributed by atoms with Gasteiger partial charge in [0, 0.05) is 6.54 Å². The largest absolute Gasteiger partial charge is 0.481 e. The Labute approximate surface area is 149 Å². The number of amides is 1. The molecule has 0 radical (unpaired) electrons. The van der Waals surface area contributed by atoms with Crippen molar-refractivity contribution in [3.8, 4) is 0 Å². The molecular weight excluding hydrogens is 318 g/mol. The van der Waals surface area contributed by atoms with Gasteiger partial charge in [0.1, 0.15) is 6.61 Å². The molecule has 0 atom stereocenters. The third-order valence-electron chi connectivity index (χ3n) is 5.40. The van der Waals surface area contributed by atoms with Gasteiger partial charge in [-0.25, -0.2) is 4.79 Å². The number of carbonyl (C=O) groups is 2. The zero-order valence-electron chi connectivity index (χ0n) is 15.4. The molecule has 1 aliphatic carbocycles. The summed E-state index contributed by atoms with van der Waals surface area (Å²) in [5, 5.41) is 12.4. The van der Waals surface area contributed by atoms with Crippen LogP contribution >= 0.6 is 0 Å². The number of hydrogen-bond acceptors (Lipinski definition) is 3.